The van der Waals surface area contributed by atoms with Crippen molar-refractivity contribution in [2.45, 2.75) is 61.2 Å². The molecule has 35 heavy (non-hydrogen) atoms. The number of ether oxygens (including phenoxy) is 2. The van der Waals surface area contributed by atoms with E-state index in [2.05, 4.69) is 10.1 Å². The van der Waals surface area contributed by atoms with Crippen LogP contribution in [0.5, 0.6) is 5.75 Å². The molecule has 198 valence electrons. The van der Waals surface area contributed by atoms with Crippen molar-refractivity contribution in [2.24, 2.45) is 5.92 Å². The van der Waals surface area contributed by atoms with E-state index in [0.717, 1.165) is 12.1 Å². The molecule has 2 rings (SSSR count). The maximum absolute atomic E-state index is 15.4. The lowest BCUT2D eigenvalue weighted by Gasteiger charge is -2.47. The van der Waals surface area contributed by atoms with Crippen molar-refractivity contribution in [3.8, 4) is 5.75 Å². The molecule has 0 aliphatic carbocycles. The van der Waals surface area contributed by atoms with Crippen LogP contribution in [-0.2, 0) is 24.3 Å². The van der Waals surface area contributed by atoms with Gasteiger partial charge >= 0.3 is 11.8 Å². The summed E-state index contributed by atoms with van der Waals surface area (Å²) in [6.45, 7) is 1.75. The molecule has 15 heteroatoms. The quantitative estimate of drug-likeness (QED) is 0.213. The van der Waals surface area contributed by atoms with Crippen molar-refractivity contribution in [1.82, 2.24) is 10.0 Å². The fourth-order valence-corrected chi connectivity index (χ4v) is 4.62. The zero-order valence-electron chi connectivity index (χ0n) is 19.0. The highest BCUT2D eigenvalue weighted by molar-refractivity contribution is 7.89. The monoisotopic (exact) mass is 526 g/mol. The van der Waals surface area contributed by atoms with E-state index in [1.165, 1.54) is 33.1 Å². The van der Waals surface area contributed by atoms with Gasteiger partial charge in [0, 0.05) is 5.92 Å². The Bertz CT molecular complexity index is 1010. The number of halogens is 2. The van der Waals surface area contributed by atoms with Gasteiger partial charge in [-0.3, -0.25) is 4.79 Å². The summed E-state index contributed by atoms with van der Waals surface area (Å²) in [5.74, 6) is -7.95. The number of aliphatic hydroxyl groups excluding tert-OH is 3. The number of carbonyl (C=O) groups excluding carboxylic acids is 1. The number of aliphatic carboxylic acids is 1. The van der Waals surface area contributed by atoms with E-state index in [9.17, 15) is 33.3 Å². The zero-order chi connectivity index (χ0) is 26.7. The Kier molecular flexibility index (Phi) is 9.13. The number of benzene rings is 1. The molecule has 1 aliphatic rings. The van der Waals surface area contributed by atoms with Crippen molar-refractivity contribution in [3.63, 3.8) is 0 Å². The Morgan fingerprint density at radius 3 is 2.23 bits per heavy atom. The van der Waals surface area contributed by atoms with E-state index in [1.54, 1.807) is 0 Å². The van der Waals surface area contributed by atoms with E-state index in [1.807, 2.05) is 4.72 Å². The second-order valence-corrected chi connectivity index (χ2v) is 9.90. The molecule has 12 nitrogen and oxygen atoms in total. The van der Waals surface area contributed by atoms with Crippen LogP contribution in [0.2, 0.25) is 0 Å². The molecule has 0 spiro atoms. The number of methoxy groups -OCH3 is 1. The van der Waals surface area contributed by atoms with Crippen LogP contribution in [-0.4, -0.2) is 96.9 Å². The summed E-state index contributed by atoms with van der Waals surface area (Å²) in [7, 11) is -3.33. The van der Waals surface area contributed by atoms with Crippen molar-refractivity contribution in [1.29, 1.82) is 0 Å². The molecule has 1 fully saturated rings. The lowest BCUT2D eigenvalue weighted by atomic mass is 9.86. The average molecular weight is 527 g/mol. The summed E-state index contributed by atoms with van der Waals surface area (Å²) in [6.07, 6.45) is -9.71. The highest BCUT2D eigenvalue weighted by Gasteiger charge is 2.63. The summed E-state index contributed by atoms with van der Waals surface area (Å²) in [5.41, 5.74) is 0. The SMILES string of the molecule is COc1ccc(S(=O)(=O)N[C@H]2C(F)C(F)(C(=O)O)O[C@@H]([C@H](O)[C@H](O)CO)[C@@H]2NC(=O)C(C)C)cc1. The van der Waals surface area contributed by atoms with E-state index in [4.69, 9.17) is 9.84 Å². The highest BCUT2D eigenvalue weighted by atomic mass is 32.2. The summed E-state index contributed by atoms with van der Waals surface area (Å²) < 4.78 is 68.0. The van der Waals surface area contributed by atoms with Crippen LogP contribution >= 0.6 is 0 Å². The maximum Gasteiger partial charge on any atom is 0.372 e. The predicted octanol–water partition coefficient (Wildman–Crippen LogP) is -1.32. The molecular weight excluding hydrogens is 498 g/mol. The number of hydrogen-bond acceptors (Lipinski definition) is 9. The third-order valence-corrected chi connectivity index (χ3v) is 6.90. The second kappa shape index (κ2) is 11.1. The van der Waals surface area contributed by atoms with Gasteiger partial charge in [-0.15, -0.1) is 0 Å². The maximum atomic E-state index is 15.4. The van der Waals surface area contributed by atoms with Crippen molar-refractivity contribution < 1.29 is 56.7 Å². The van der Waals surface area contributed by atoms with E-state index >= 15 is 8.78 Å². The third kappa shape index (κ3) is 6.05. The van der Waals surface area contributed by atoms with Gasteiger partial charge in [-0.2, -0.15) is 4.39 Å². The Morgan fingerprint density at radius 2 is 1.77 bits per heavy atom. The first kappa shape index (κ1) is 28.8. The first-order chi connectivity index (χ1) is 16.2. The number of aliphatic hydroxyl groups is 3. The van der Waals surface area contributed by atoms with Gasteiger partial charge < -0.3 is 35.2 Å². The molecular formula is C20H28F2N2O10S. The number of carboxylic acids is 1. The standard InChI is InChI=1S/C20H28F2N2O10S/c1-9(2)18(28)23-13-14(24-35(31,32)11-6-4-10(33-3)5-7-11)17(21)20(22,19(29)30)34-16(13)15(27)12(26)8-25/h4-7,9,12-17,24-27H,8H2,1-3H3,(H,23,28)(H,29,30)/t12-,13-,14-,15-,16-,17?,20?/m1/s1. The lowest BCUT2D eigenvalue weighted by molar-refractivity contribution is -0.277. The Hall–Kier alpha value is -2.43. The first-order valence-corrected chi connectivity index (χ1v) is 11.9. The summed E-state index contributed by atoms with van der Waals surface area (Å²) in [5, 5.41) is 40.9. The van der Waals surface area contributed by atoms with Gasteiger partial charge in [0.1, 0.15) is 24.1 Å². The van der Waals surface area contributed by atoms with Gasteiger partial charge in [0.15, 0.2) is 6.17 Å². The summed E-state index contributed by atoms with van der Waals surface area (Å²) >= 11 is 0. The number of nitrogens with one attached hydrogen (secondary N) is 2. The first-order valence-electron chi connectivity index (χ1n) is 10.4. The number of sulfonamides is 1. The number of rotatable bonds is 10. The van der Waals surface area contributed by atoms with Crippen LogP contribution in [0.1, 0.15) is 13.8 Å². The van der Waals surface area contributed by atoms with Gasteiger partial charge in [-0.1, -0.05) is 13.8 Å². The second-order valence-electron chi connectivity index (χ2n) is 8.19. The van der Waals surface area contributed by atoms with Gasteiger partial charge in [-0.05, 0) is 24.3 Å². The minimum atomic E-state index is -4.66. The Balaban J connectivity index is 2.60. The summed E-state index contributed by atoms with van der Waals surface area (Å²) in [6, 6.07) is 0.459. The van der Waals surface area contributed by atoms with Crippen molar-refractivity contribution in [3.05, 3.63) is 24.3 Å². The molecule has 0 saturated carbocycles. The van der Waals surface area contributed by atoms with Crippen molar-refractivity contribution >= 4 is 21.9 Å². The fraction of sp³-hybridized carbons (Fsp3) is 0.600. The molecule has 1 heterocycles. The van der Waals surface area contributed by atoms with Gasteiger partial charge in [0.25, 0.3) is 0 Å². The summed E-state index contributed by atoms with van der Waals surface area (Å²) in [4.78, 5) is 23.5. The fourth-order valence-electron chi connectivity index (χ4n) is 3.37. The molecule has 0 bridgehead atoms. The lowest BCUT2D eigenvalue weighted by Crippen LogP contribution is -2.74. The topological polar surface area (TPSA) is 192 Å². The predicted molar refractivity (Wildman–Crippen MR) is 114 cm³/mol. The molecule has 1 saturated heterocycles. The molecule has 7 atom stereocenters. The molecule has 1 aromatic carbocycles. The van der Waals surface area contributed by atoms with Crippen LogP contribution < -0.4 is 14.8 Å². The Morgan fingerprint density at radius 1 is 1.20 bits per heavy atom. The largest absolute Gasteiger partial charge is 0.497 e. The van der Waals surface area contributed by atoms with E-state index in [-0.39, 0.29) is 5.75 Å². The molecule has 0 aromatic heterocycles. The Labute approximate surface area is 199 Å². The molecule has 0 radical (unpaired) electrons. The molecule has 1 aromatic rings. The normalized spacial score (nSPS) is 28.8. The molecule has 6 N–H and O–H groups in total. The van der Waals surface area contributed by atoms with Crippen LogP contribution in [0.3, 0.4) is 0 Å². The number of carbonyl (C=O) groups is 2. The number of alkyl halides is 2. The average Bonchev–Trinajstić information content (AvgIpc) is 2.82. The van der Waals surface area contributed by atoms with Gasteiger partial charge in [-0.25, -0.2) is 22.3 Å². The molecule has 1 amide bonds. The van der Waals surface area contributed by atoms with Crippen LogP contribution in [0.15, 0.2) is 29.2 Å². The number of hydrogen-bond donors (Lipinski definition) is 6. The van der Waals surface area contributed by atoms with Crippen LogP contribution in [0.4, 0.5) is 8.78 Å². The van der Waals surface area contributed by atoms with Crippen molar-refractivity contribution in [2.75, 3.05) is 13.7 Å². The minimum Gasteiger partial charge on any atom is -0.497 e. The third-order valence-electron chi connectivity index (χ3n) is 5.42. The zero-order valence-corrected chi connectivity index (χ0v) is 19.8. The number of carboxylic acid groups (broad SMARTS) is 1. The highest BCUT2D eigenvalue weighted by Crippen LogP contribution is 2.36. The smallest absolute Gasteiger partial charge is 0.372 e. The molecule has 2 unspecified atom stereocenters. The van der Waals surface area contributed by atoms with E-state index < -0.39 is 81.7 Å². The van der Waals surface area contributed by atoms with Gasteiger partial charge in [0.2, 0.25) is 15.9 Å². The molecule has 1 aliphatic heterocycles. The minimum absolute atomic E-state index is 0.287. The van der Waals surface area contributed by atoms with E-state index in [0.29, 0.717) is 0 Å². The van der Waals surface area contributed by atoms with Crippen LogP contribution in [0.25, 0.3) is 0 Å². The number of amides is 1. The van der Waals surface area contributed by atoms with Gasteiger partial charge in [0.05, 0.1) is 30.7 Å². The van der Waals surface area contributed by atoms with Crippen LogP contribution in [0, 0.1) is 5.92 Å².